The Balaban J connectivity index is 1.05. The summed E-state index contributed by atoms with van der Waals surface area (Å²) in [6.07, 6.45) is 9.18. The summed E-state index contributed by atoms with van der Waals surface area (Å²) in [7, 11) is 0. The van der Waals surface area contributed by atoms with Gasteiger partial charge in [-0.15, -0.1) is 0 Å². The van der Waals surface area contributed by atoms with E-state index in [1.807, 2.05) is 24.3 Å². The minimum absolute atomic E-state index is 0.131. The van der Waals surface area contributed by atoms with Gasteiger partial charge in [0.1, 0.15) is 11.9 Å². The summed E-state index contributed by atoms with van der Waals surface area (Å²) in [5, 5.41) is 6.16. The van der Waals surface area contributed by atoms with E-state index in [2.05, 4.69) is 35.5 Å². The molecule has 0 radical (unpaired) electrons. The van der Waals surface area contributed by atoms with E-state index in [4.69, 9.17) is 9.47 Å². The Kier molecular flexibility index (Phi) is 6.66. The number of nitrogens with one attached hydrogen (secondary N) is 2. The van der Waals surface area contributed by atoms with Crippen LogP contribution in [0.25, 0.3) is 0 Å². The number of benzene rings is 1. The second-order valence-corrected chi connectivity index (χ2v) is 10.9. The average Bonchev–Trinajstić information content (AvgIpc) is 2.81. The molecule has 2 bridgehead atoms. The van der Waals surface area contributed by atoms with Crippen LogP contribution in [0.4, 0.5) is 10.5 Å². The standard InChI is InChI=1S/C27H39N3O3/c1-27(2)20-7-6-19(25(27)16-20)18-30-12-8-21(9-13-30)28-26(31)29-22-4-3-5-24(17-22)33-23-10-14-32-15-11-23/h3-6,17,20-21,23,25H,7-16,18H2,1-2H3,(H2,28,29,31)/t20-,25-/m0/s1. The summed E-state index contributed by atoms with van der Waals surface area (Å²) in [6, 6.07) is 7.78. The number of hydrogen-bond donors (Lipinski definition) is 2. The lowest BCUT2D eigenvalue weighted by Crippen LogP contribution is -2.51. The van der Waals surface area contributed by atoms with Crippen LogP contribution >= 0.6 is 0 Å². The highest BCUT2D eigenvalue weighted by atomic mass is 16.5. The average molecular weight is 454 g/mol. The van der Waals surface area contributed by atoms with Gasteiger partial charge >= 0.3 is 6.03 Å². The Morgan fingerprint density at radius 2 is 1.97 bits per heavy atom. The van der Waals surface area contributed by atoms with Gasteiger partial charge in [0, 0.05) is 50.3 Å². The lowest BCUT2D eigenvalue weighted by Gasteiger charge is -2.57. The Hall–Kier alpha value is -2.05. The highest BCUT2D eigenvalue weighted by Crippen LogP contribution is 2.59. The molecule has 0 unspecified atom stereocenters. The van der Waals surface area contributed by atoms with Gasteiger partial charge in [-0.3, -0.25) is 4.90 Å². The smallest absolute Gasteiger partial charge is 0.319 e. The zero-order valence-electron chi connectivity index (χ0n) is 20.1. The molecule has 2 amide bonds. The topological polar surface area (TPSA) is 62.8 Å². The van der Waals surface area contributed by atoms with Crippen molar-refractivity contribution in [3.05, 3.63) is 35.9 Å². The number of amides is 2. The number of ether oxygens (including phenoxy) is 2. The van der Waals surface area contributed by atoms with Gasteiger partial charge in [0.2, 0.25) is 0 Å². The van der Waals surface area contributed by atoms with Crippen LogP contribution in [0.1, 0.15) is 52.4 Å². The maximum Gasteiger partial charge on any atom is 0.319 e. The third-order valence-corrected chi connectivity index (χ3v) is 8.47. The monoisotopic (exact) mass is 453 g/mol. The molecule has 3 fully saturated rings. The van der Waals surface area contributed by atoms with E-state index in [0.29, 0.717) is 5.41 Å². The first-order valence-electron chi connectivity index (χ1n) is 12.8. The molecule has 1 aromatic rings. The number of nitrogens with zero attached hydrogens (tertiary/aromatic N) is 1. The molecule has 6 nitrogen and oxygen atoms in total. The van der Waals surface area contributed by atoms with Crippen molar-refractivity contribution in [2.24, 2.45) is 17.3 Å². The van der Waals surface area contributed by atoms with Gasteiger partial charge < -0.3 is 20.1 Å². The molecule has 33 heavy (non-hydrogen) atoms. The Bertz CT molecular complexity index is 869. The van der Waals surface area contributed by atoms with E-state index in [1.165, 1.54) is 12.8 Å². The first-order valence-corrected chi connectivity index (χ1v) is 12.8. The summed E-state index contributed by atoms with van der Waals surface area (Å²) in [5.74, 6) is 2.48. The van der Waals surface area contributed by atoms with Crippen molar-refractivity contribution >= 4 is 11.7 Å². The fourth-order valence-electron chi connectivity index (χ4n) is 6.14. The minimum atomic E-state index is -0.131. The molecular formula is C27H39N3O3. The van der Waals surface area contributed by atoms with Crippen LogP contribution in [-0.4, -0.2) is 55.9 Å². The van der Waals surface area contributed by atoms with Crippen molar-refractivity contribution in [2.75, 3.05) is 38.2 Å². The summed E-state index contributed by atoms with van der Waals surface area (Å²) in [6.45, 7) is 9.60. The van der Waals surface area contributed by atoms with Gasteiger partial charge in [0.15, 0.2) is 0 Å². The maximum absolute atomic E-state index is 12.6. The number of rotatable bonds is 6. The zero-order chi connectivity index (χ0) is 22.8. The molecule has 1 aromatic carbocycles. The SMILES string of the molecule is CC1(C)[C@H]2CC=C(CN3CCC(NC(=O)Nc4cccc(OC5CCOCC5)c4)CC3)[C@@H]1C2. The molecule has 1 saturated carbocycles. The molecule has 2 saturated heterocycles. The molecule has 6 heteroatoms. The fraction of sp³-hybridized carbons (Fsp3) is 0.667. The summed E-state index contributed by atoms with van der Waals surface area (Å²) < 4.78 is 11.5. The van der Waals surface area contributed by atoms with E-state index in [1.54, 1.807) is 5.57 Å². The van der Waals surface area contributed by atoms with Crippen molar-refractivity contribution in [2.45, 2.75) is 64.5 Å². The lowest BCUT2D eigenvalue weighted by molar-refractivity contribution is -0.0113. The predicted octanol–water partition coefficient (Wildman–Crippen LogP) is 4.82. The van der Waals surface area contributed by atoms with Crippen LogP contribution in [0.2, 0.25) is 0 Å². The molecule has 180 valence electrons. The van der Waals surface area contributed by atoms with Crippen molar-refractivity contribution in [1.29, 1.82) is 0 Å². The van der Waals surface area contributed by atoms with Gasteiger partial charge in [-0.2, -0.15) is 0 Å². The first-order chi connectivity index (χ1) is 16.0. The Morgan fingerprint density at radius 3 is 2.70 bits per heavy atom. The van der Waals surface area contributed by atoms with Crippen molar-refractivity contribution in [3.63, 3.8) is 0 Å². The maximum atomic E-state index is 12.6. The van der Waals surface area contributed by atoms with Crippen LogP contribution < -0.4 is 15.4 Å². The quantitative estimate of drug-likeness (QED) is 0.606. The number of piperidine rings is 1. The summed E-state index contributed by atoms with van der Waals surface area (Å²) in [4.78, 5) is 15.2. The number of carbonyl (C=O) groups excluding carboxylic acids is 1. The number of allylic oxidation sites excluding steroid dienone is 1. The third-order valence-electron chi connectivity index (χ3n) is 8.47. The van der Waals surface area contributed by atoms with Gasteiger partial charge in [-0.1, -0.05) is 31.6 Å². The first kappa shape index (κ1) is 22.7. The second-order valence-electron chi connectivity index (χ2n) is 10.9. The van der Waals surface area contributed by atoms with Crippen molar-refractivity contribution < 1.29 is 14.3 Å². The number of fused-ring (bicyclic) bond motifs is 1. The largest absolute Gasteiger partial charge is 0.490 e. The fourth-order valence-corrected chi connectivity index (χ4v) is 6.14. The van der Waals surface area contributed by atoms with Gasteiger partial charge in [0.05, 0.1) is 13.2 Å². The van der Waals surface area contributed by atoms with E-state index in [0.717, 1.165) is 81.8 Å². The molecule has 6 rings (SSSR count). The van der Waals surface area contributed by atoms with Crippen LogP contribution in [-0.2, 0) is 4.74 Å². The van der Waals surface area contributed by atoms with E-state index in [9.17, 15) is 4.79 Å². The van der Waals surface area contributed by atoms with Crippen LogP contribution in [0.3, 0.4) is 0 Å². The third kappa shape index (κ3) is 5.22. The number of anilines is 1. The molecule has 2 heterocycles. The molecule has 0 spiro atoms. The molecule has 2 aliphatic heterocycles. The molecule has 0 aromatic heterocycles. The Morgan fingerprint density at radius 1 is 1.18 bits per heavy atom. The van der Waals surface area contributed by atoms with Crippen LogP contribution in [0.5, 0.6) is 5.75 Å². The van der Waals surface area contributed by atoms with E-state index < -0.39 is 0 Å². The van der Waals surface area contributed by atoms with Crippen molar-refractivity contribution in [3.8, 4) is 5.75 Å². The molecule has 3 aliphatic carbocycles. The highest BCUT2D eigenvalue weighted by Gasteiger charge is 2.51. The minimum Gasteiger partial charge on any atom is -0.490 e. The number of urea groups is 1. The number of hydrogen-bond acceptors (Lipinski definition) is 4. The molecule has 2 atom stereocenters. The highest BCUT2D eigenvalue weighted by molar-refractivity contribution is 5.89. The number of carbonyl (C=O) groups is 1. The van der Waals surface area contributed by atoms with Gasteiger partial charge in [-0.25, -0.2) is 4.79 Å². The van der Waals surface area contributed by atoms with Crippen LogP contribution in [0, 0.1) is 17.3 Å². The summed E-state index contributed by atoms with van der Waals surface area (Å²) in [5.41, 5.74) is 2.92. The summed E-state index contributed by atoms with van der Waals surface area (Å²) >= 11 is 0. The molecular weight excluding hydrogens is 414 g/mol. The molecule has 5 aliphatic rings. The number of likely N-dealkylation sites (tertiary alicyclic amines) is 1. The Labute approximate surface area is 198 Å². The predicted molar refractivity (Wildman–Crippen MR) is 131 cm³/mol. The van der Waals surface area contributed by atoms with E-state index in [-0.39, 0.29) is 18.2 Å². The second kappa shape index (κ2) is 9.67. The zero-order valence-corrected chi connectivity index (χ0v) is 20.1. The lowest BCUT2D eigenvalue weighted by atomic mass is 9.49. The molecule has 2 N–H and O–H groups in total. The van der Waals surface area contributed by atoms with Gasteiger partial charge in [0.25, 0.3) is 0 Å². The van der Waals surface area contributed by atoms with E-state index >= 15 is 0 Å². The normalized spacial score (nSPS) is 27.9. The van der Waals surface area contributed by atoms with Crippen molar-refractivity contribution in [1.82, 2.24) is 10.2 Å². The van der Waals surface area contributed by atoms with Crippen LogP contribution in [0.15, 0.2) is 35.9 Å². The van der Waals surface area contributed by atoms with Gasteiger partial charge in [-0.05, 0) is 55.1 Å².